The average Bonchev–Trinajstić information content (AvgIpc) is 2.74. The van der Waals surface area contributed by atoms with E-state index in [1.807, 2.05) is 0 Å². The summed E-state index contributed by atoms with van der Waals surface area (Å²) in [7, 11) is 0. The second-order valence-corrected chi connectivity index (χ2v) is 5.53. The molecule has 0 N–H and O–H groups in total. The van der Waals surface area contributed by atoms with Crippen molar-refractivity contribution >= 4 is 5.91 Å². The first-order valence-electron chi connectivity index (χ1n) is 7.23. The minimum Gasteiger partial charge on any atom is -0.332 e. The molecule has 5 nitrogen and oxygen atoms in total. The van der Waals surface area contributed by atoms with Crippen LogP contribution in [0.1, 0.15) is 45.4 Å². The zero-order valence-electron chi connectivity index (χ0n) is 11.5. The Labute approximate surface area is 113 Å². The van der Waals surface area contributed by atoms with Crippen molar-refractivity contribution in [2.24, 2.45) is 5.92 Å². The first-order valence-corrected chi connectivity index (χ1v) is 7.23. The van der Waals surface area contributed by atoms with Gasteiger partial charge in [-0.1, -0.05) is 25.5 Å². The monoisotopic (exact) mass is 266 g/mol. The lowest BCUT2D eigenvalue weighted by molar-refractivity contribution is -0.526. The third kappa shape index (κ3) is 2.96. The number of rotatable bonds is 5. The van der Waals surface area contributed by atoms with E-state index in [-0.39, 0.29) is 29.2 Å². The molecule has 0 bridgehead atoms. The smallest absolute Gasteiger partial charge is 0.242 e. The van der Waals surface area contributed by atoms with E-state index in [9.17, 15) is 14.9 Å². The lowest BCUT2D eigenvalue weighted by Gasteiger charge is -2.32. The number of hydrogen-bond acceptors (Lipinski definition) is 3. The Hall–Kier alpha value is -1.39. The lowest BCUT2D eigenvalue weighted by Crippen LogP contribution is -2.45. The van der Waals surface area contributed by atoms with Crippen molar-refractivity contribution in [3.63, 3.8) is 0 Å². The molecular weight excluding hydrogens is 244 g/mol. The first-order chi connectivity index (χ1) is 9.15. The quantitative estimate of drug-likeness (QED) is 0.436. The molecule has 0 aromatic rings. The molecule has 1 saturated heterocycles. The Kier molecular flexibility index (Phi) is 4.56. The number of allylic oxidation sites excluding steroid dienone is 2. The Morgan fingerprint density at radius 3 is 2.84 bits per heavy atom. The molecular formula is C14H22N2O3. The Balaban J connectivity index is 2.16. The van der Waals surface area contributed by atoms with Crippen LogP contribution in [0.2, 0.25) is 0 Å². The molecule has 106 valence electrons. The van der Waals surface area contributed by atoms with E-state index in [1.54, 1.807) is 4.90 Å². The van der Waals surface area contributed by atoms with E-state index in [4.69, 9.17) is 0 Å². The number of carbonyl (C=O) groups excluding carboxylic acids is 1. The summed E-state index contributed by atoms with van der Waals surface area (Å²) in [6.07, 6.45) is 9.05. The summed E-state index contributed by atoms with van der Waals surface area (Å²) in [6, 6.07) is -0.903. The maximum atomic E-state index is 12.1. The molecule has 1 aliphatic heterocycles. The predicted octanol–water partition coefficient (Wildman–Crippen LogP) is 2.39. The lowest BCUT2D eigenvalue weighted by atomic mass is 9.84. The highest BCUT2D eigenvalue weighted by Gasteiger charge is 2.49. The molecule has 1 aliphatic carbocycles. The summed E-state index contributed by atoms with van der Waals surface area (Å²) in [5, 5.41) is 11.2. The molecule has 1 unspecified atom stereocenters. The van der Waals surface area contributed by atoms with Crippen LogP contribution in [0.3, 0.4) is 0 Å². The second-order valence-electron chi connectivity index (χ2n) is 5.53. The third-order valence-corrected chi connectivity index (χ3v) is 4.27. The molecule has 0 saturated carbocycles. The van der Waals surface area contributed by atoms with Gasteiger partial charge in [-0.15, -0.1) is 0 Å². The maximum Gasteiger partial charge on any atom is 0.242 e. The molecule has 3 atom stereocenters. The van der Waals surface area contributed by atoms with Gasteiger partial charge in [-0.05, 0) is 31.6 Å². The number of hydrogen-bond donors (Lipinski definition) is 0. The van der Waals surface area contributed by atoms with Crippen LogP contribution in [0.25, 0.3) is 0 Å². The minimum absolute atomic E-state index is 0.0327. The molecule has 5 heteroatoms. The molecule has 0 aromatic heterocycles. The van der Waals surface area contributed by atoms with Crippen molar-refractivity contribution in [2.75, 3.05) is 6.54 Å². The van der Waals surface area contributed by atoms with Gasteiger partial charge in [0.15, 0.2) is 0 Å². The van der Waals surface area contributed by atoms with Gasteiger partial charge in [-0.25, -0.2) is 0 Å². The molecule has 0 aromatic carbocycles. The highest BCUT2D eigenvalue weighted by molar-refractivity contribution is 5.79. The van der Waals surface area contributed by atoms with Crippen molar-refractivity contribution in [3.05, 3.63) is 22.3 Å². The number of amides is 1. The van der Waals surface area contributed by atoms with Crippen LogP contribution < -0.4 is 0 Å². The van der Waals surface area contributed by atoms with Crippen molar-refractivity contribution in [1.29, 1.82) is 0 Å². The topological polar surface area (TPSA) is 63.5 Å². The van der Waals surface area contributed by atoms with E-state index in [0.717, 1.165) is 32.1 Å². The van der Waals surface area contributed by atoms with Gasteiger partial charge in [-0.2, -0.15) is 0 Å². The second kappa shape index (κ2) is 6.17. The fourth-order valence-corrected chi connectivity index (χ4v) is 3.29. The van der Waals surface area contributed by atoms with Gasteiger partial charge in [0.25, 0.3) is 0 Å². The number of likely N-dealkylation sites (tertiary alicyclic amines) is 1. The van der Waals surface area contributed by atoms with Gasteiger partial charge in [0, 0.05) is 11.5 Å². The molecule has 1 heterocycles. The van der Waals surface area contributed by atoms with Gasteiger partial charge >= 0.3 is 0 Å². The largest absolute Gasteiger partial charge is 0.332 e. The summed E-state index contributed by atoms with van der Waals surface area (Å²) < 4.78 is 0. The molecule has 0 spiro atoms. The van der Waals surface area contributed by atoms with Gasteiger partial charge in [-0.3, -0.25) is 14.9 Å². The highest BCUT2D eigenvalue weighted by Crippen LogP contribution is 2.34. The summed E-state index contributed by atoms with van der Waals surface area (Å²) >= 11 is 0. The van der Waals surface area contributed by atoms with Crippen LogP contribution in [0, 0.1) is 16.0 Å². The molecule has 0 radical (unpaired) electrons. The molecule has 1 fully saturated rings. The number of unbranched alkanes of at least 4 members (excludes halogenated alkanes) is 1. The number of nitro groups is 1. The van der Waals surface area contributed by atoms with Crippen LogP contribution in [0.5, 0.6) is 0 Å². The van der Waals surface area contributed by atoms with E-state index in [0.29, 0.717) is 6.54 Å². The van der Waals surface area contributed by atoms with Gasteiger partial charge in [0.1, 0.15) is 6.04 Å². The summed E-state index contributed by atoms with van der Waals surface area (Å²) in [4.78, 5) is 24.8. The Morgan fingerprint density at radius 1 is 1.47 bits per heavy atom. The fraction of sp³-hybridized carbons (Fsp3) is 0.786. The van der Waals surface area contributed by atoms with Crippen molar-refractivity contribution in [3.8, 4) is 0 Å². The van der Waals surface area contributed by atoms with Gasteiger partial charge in [0.2, 0.25) is 11.9 Å². The fourth-order valence-electron chi connectivity index (χ4n) is 3.29. The summed E-state index contributed by atoms with van der Waals surface area (Å²) in [5.74, 6) is 0.221. The Bertz CT molecular complexity index is 381. The number of nitrogens with zero attached hydrogens (tertiary/aromatic N) is 2. The van der Waals surface area contributed by atoms with Crippen molar-refractivity contribution in [2.45, 2.75) is 57.5 Å². The SMILES string of the molecule is CCCCN1C(=O)C[C@@H]([N+](=O)[O-])[C@@H]1C1CC=CCC1. The van der Waals surface area contributed by atoms with Gasteiger partial charge < -0.3 is 4.90 Å². The standard InChI is InChI=1S/C14H22N2O3/c1-2-3-9-15-13(17)10-12(16(18)19)14(15)11-7-5-4-6-8-11/h4-5,11-12,14H,2-3,6-10H2,1H3/t11?,12-,14+/m1/s1. The van der Waals surface area contributed by atoms with E-state index in [2.05, 4.69) is 19.1 Å². The zero-order chi connectivity index (χ0) is 13.8. The molecule has 1 amide bonds. The minimum atomic E-state index is -0.708. The summed E-state index contributed by atoms with van der Waals surface area (Å²) in [5.41, 5.74) is 0. The zero-order valence-corrected chi connectivity index (χ0v) is 11.5. The average molecular weight is 266 g/mol. The maximum absolute atomic E-state index is 12.1. The van der Waals surface area contributed by atoms with Crippen LogP contribution in [0.4, 0.5) is 0 Å². The van der Waals surface area contributed by atoms with Crippen LogP contribution >= 0.6 is 0 Å². The predicted molar refractivity (Wildman–Crippen MR) is 72.3 cm³/mol. The molecule has 2 rings (SSSR count). The van der Waals surface area contributed by atoms with E-state index in [1.165, 1.54) is 0 Å². The van der Waals surface area contributed by atoms with E-state index < -0.39 is 6.04 Å². The van der Waals surface area contributed by atoms with Crippen LogP contribution in [-0.4, -0.2) is 34.4 Å². The first kappa shape index (κ1) is 14.0. The van der Waals surface area contributed by atoms with Crippen LogP contribution in [0.15, 0.2) is 12.2 Å². The van der Waals surface area contributed by atoms with Crippen molar-refractivity contribution < 1.29 is 9.72 Å². The van der Waals surface area contributed by atoms with Gasteiger partial charge in [0.05, 0.1) is 6.42 Å². The molecule has 2 aliphatic rings. The normalized spacial score (nSPS) is 30.9. The molecule has 19 heavy (non-hydrogen) atoms. The summed E-state index contributed by atoms with van der Waals surface area (Å²) in [6.45, 7) is 2.74. The highest BCUT2D eigenvalue weighted by atomic mass is 16.6. The van der Waals surface area contributed by atoms with Crippen molar-refractivity contribution in [1.82, 2.24) is 4.90 Å². The van der Waals surface area contributed by atoms with E-state index >= 15 is 0 Å². The third-order valence-electron chi connectivity index (χ3n) is 4.27. The van der Waals surface area contributed by atoms with Crippen LogP contribution in [-0.2, 0) is 4.79 Å². The Morgan fingerprint density at radius 2 is 2.26 bits per heavy atom. The number of carbonyl (C=O) groups is 1.